The van der Waals surface area contributed by atoms with Crippen molar-refractivity contribution in [3.05, 3.63) is 95.2 Å². The molecule has 0 bridgehead atoms. The van der Waals surface area contributed by atoms with Gasteiger partial charge in [-0.3, -0.25) is 9.36 Å². The summed E-state index contributed by atoms with van der Waals surface area (Å²) < 4.78 is 15.9. The van der Waals surface area contributed by atoms with Gasteiger partial charge in [0.05, 0.1) is 35.6 Å². The summed E-state index contributed by atoms with van der Waals surface area (Å²) in [6.45, 7) is 4.17. The highest BCUT2D eigenvalue weighted by Gasteiger charge is 2.36. The fraction of sp³-hybridized carbons (Fsp3) is 0.267. The molecule has 0 saturated carbocycles. The van der Waals surface area contributed by atoms with E-state index in [0.29, 0.717) is 38.3 Å². The Labute approximate surface area is 243 Å². The predicted octanol–water partition coefficient (Wildman–Crippen LogP) is 4.83. The van der Waals surface area contributed by atoms with Gasteiger partial charge in [-0.25, -0.2) is 9.79 Å². The van der Waals surface area contributed by atoms with Crippen LogP contribution in [0.15, 0.2) is 74.2 Å². The Hall–Kier alpha value is -3.94. The lowest BCUT2D eigenvalue weighted by Crippen LogP contribution is -2.40. The van der Waals surface area contributed by atoms with Crippen LogP contribution < -0.4 is 19.6 Å². The maximum Gasteiger partial charge on any atom is 0.338 e. The normalized spacial score (nSPS) is 15.1. The van der Waals surface area contributed by atoms with Crippen molar-refractivity contribution in [3.8, 4) is 11.8 Å². The number of hydrogen-bond donors (Lipinski definition) is 0. The molecule has 0 N–H and O–H groups in total. The van der Waals surface area contributed by atoms with Crippen molar-refractivity contribution in [1.82, 2.24) is 9.13 Å². The molecule has 204 valence electrons. The van der Waals surface area contributed by atoms with Crippen LogP contribution in [0.1, 0.15) is 43.9 Å². The summed E-state index contributed by atoms with van der Waals surface area (Å²) in [5, 5.41) is 10.2. The minimum Gasteiger partial charge on any atom is -0.496 e. The van der Waals surface area contributed by atoms with E-state index in [1.165, 1.54) is 11.3 Å². The minimum absolute atomic E-state index is 0.196. The van der Waals surface area contributed by atoms with Gasteiger partial charge in [0.25, 0.3) is 5.56 Å². The summed E-state index contributed by atoms with van der Waals surface area (Å²) in [5.74, 6) is 0.0393. The molecule has 0 fully saturated rings. The summed E-state index contributed by atoms with van der Waals surface area (Å²) in [6.07, 6.45) is 5.03. The molecular formula is C30H27BrN4O4S. The molecule has 2 aromatic heterocycles. The summed E-state index contributed by atoms with van der Waals surface area (Å²) >= 11 is 4.82. The van der Waals surface area contributed by atoms with Crippen molar-refractivity contribution in [2.24, 2.45) is 4.99 Å². The van der Waals surface area contributed by atoms with E-state index in [1.807, 2.05) is 66.2 Å². The molecule has 0 amide bonds. The number of thiazole rings is 1. The van der Waals surface area contributed by atoms with E-state index in [0.717, 1.165) is 27.4 Å². The molecule has 0 unspecified atom stereocenters. The molecule has 5 rings (SSSR count). The number of ether oxygens (including phenoxy) is 2. The second kappa shape index (κ2) is 11.7. The zero-order chi connectivity index (χ0) is 28.4. The molecular weight excluding hydrogens is 592 g/mol. The van der Waals surface area contributed by atoms with Gasteiger partial charge in [0.2, 0.25) is 0 Å². The number of carbonyl (C=O) groups is 1. The first-order valence-corrected chi connectivity index (χ1v) is 14.5. The summed E-state index contributed by atoms with van der Waals surface area (Å²) in [4.78, 5) is 32.9. The lowest BCUT2D eigenvalue weighted by Gasteiger charge is -2.27. The van der Waals surface area contributed by atoms with Crippen molar-refractivity contribution >= 4 is 50.2 Å². The number of hydrogen-bond acceptors (Lipinski definition) is 7. The van der Waals surface area contributed by atoms with E-state index in [4.69, 9.17) is 14.5 Å². The Balaban J connectivity index is 1.81. The lowest BCUT2D eigenvalue weighted by molar-refractivity contribution is -0.139. The van der Waals surface area contributed by atoms with Crippen LogP contribution in [0, 0.1) is 11.3 Å². The van der Waals surface area contributed by atoms with Crippen LogP contribution in [0.3, 0.4) is 0 Å². The van der Waals surface area contributed by atoms with Crippen LogP contribution in [-0.4, -0.2) is 28.8 Å². The topological polar surface area (TPSA) is 98.6 Å². The maximum atomic E-state index is 14.1. The summed E-state index contributed by atoms with van der Waals surface area (Å²) in [6, 6.07) is 14.7. The Morgan fingerprint density at radius 1 is 1.25 bits per heavy atom. The van der Waals surface area contributed by atoms with Crippen LogP contribution >= 0.6 is 27.3 Å². The van der Waals surface area contributed by atoms with Crippen LogP contribution in [0.2, 0.25) is 0 Å². The Bertz CT molecular complexity index is 1880. The third-order valence-electron chi connectivity index (χ3n) is 6.73. The molecule has 2 aromatic carbocycles. The molecule has 10 heteroatoms. The predicted molar refractivity (Wildman–Crippen MR) is 158 cm³/mol. The first kappa shape index (κ1) is 27.6. The molecule has 3 heterocycles. The average molecular weight is 620 g/mol. The molecule has 0 aliphatic carbocycles. The highest BCUT2D eigenvalue weighted by atomic mass is 79.9. The SMILES string of the molecule is CCCC1=C(C(=O)OCC)[C@H](c2cc(Br)ccc2OC)n2c(s/c(=C/c3cn(CC#N)c4ccccc34)c2=O)=N1. The number of halogens is 1. The van der Waals surface area contributed by atoms with Crippen LogP contribution in [0.25, 0.3) is 17.0 Å². The molecule has 0 spiro atoms. The van der Waals surface area contributed by atoms with Gasteiger partial charge in [0.15, 0.2) is 4.80 Å². The molecule has 8 nitrogen and oxygen atoms in total. The summed E-state index contributed by atoms with van der Waals surface area (Å²) in [5.41, 5.74) is 3.06. The highest BCUT2D eigenvalue weighted by molar-refractivity contribution is 9.10. The van der Waals surface area contributed by atoms with Gasteiger partial charge in [-0.2, -0.15) is 5.26 Å². The lowest BCUT2D eigenvalue weighted by atomic mass is 9.93. The Morgan fingerprint density at radius 3 is 2.77 bits per heavy atom. The van der Waals surface area contributed by atoms with E-state index in [9.17, 15) is 14.9 Å². The number of nitrogens with zero attached hydrogens (tertiary/aromatic N) is 4. The van der Waals surface area contributed by atoms with Crippen molar-refractivity contribution in [2.45, 2.75) is 39.3 Å². The third kappa shape index (κ3) is 4.91. The molecule has 1 aliphatic heterocycles. The average Bonchev–Trinajstić information content (AvgIpc) is 3.45. The van der Waals surface area contributed by atoms with Crippen molar-refractivity contribution < 1.29 is 14.3 Å². The number of fused-ring (bicyclic) bond motifs is 2. The van der Waals surface area contributed by atoms with E-state index in [-0.39, 0.29) is 18.7 Å². The number of esters is 1. The molecule has 40 heavy (non-hydrogen) atoms. The van der Waals surface area contributed by atoms with Gasteiger partial charge in [0, 0.05) is 32.7 Å². The Morgan fingerprint density at radius 2 is 2.05 bits per heavy atom. The third-order valence-corrected chi connectivity index (χ3v) is 8.20. The number of nitriles is 1. The second-order valence-electron chi connectivity index (χ2n) is 9.19. The zero-order valence-corrected chi connectivity index (χ0v) is 24.7. The number of aromatic nitrogens is 2. The monoisotopic (exact) mass is 618 g/mol. The highest BCUT2D eigenvalue weighted by Crippen LogP contribution is 2.38. The maximum absolute atomic E-state index is 14.1. The van der Waals surface area contributed by atoms with Crippen LogP contribution in [0.5, 0.6) is 5.75 Å². The number of carbonyl (C=O) groups excluding carboxylic acids is 1. The molecule has 4 aromatic rings. The van der Waals surface area contributed by atoms with Gasteiger partial charge in [0.1, 0.15) is 18.3 Å². The summed E-state index contributed by atoms with van der Waals surface area (Å²) in [7, 11) is 1.56. The van der Waals surface area contributed by atoms with Crippen molar-refractivity contribution in [3.63, 3.8) is 0 Å². The van der Waals surface area contributed by atoms with Gasteiger partial charge >= 0.3 is 5.97 Å². The van der Waals surface area contributed by atoms with Crippen LogP contribution in [-0.2, 0) is 16.1 Å². The second-order valence-corrected chi connectivity index (χ2v) is 11.1. The van der Waals surface area contributed by atoms with Gasteiger partial charge in [-0.15, -0.1) is 0 Å². The number of methoxy groups -OCH3 is 1. The van der Waals surface area contributed by atoms with Gasteiger partial charge in [-0.1, -0.05) is 58.8 Å². The molecule has 1 atom stereocenters. The first-order chi connectivity index (χ1) is 19.4. The number of benzene rings is 2. The number of allylic oxidation sites excluding steroid dienone is 1. The van der Waals surface area contributed by atoms with E-state index in [2.05, 4.69) is 22.0 Å². The Kier molecular flexibility index (Phi) is 8.05. The number of para-hydroxylation sites is 1. The molecule has 1 aliphatic rings. The van der Waals surface area contributed by atoms with Crippen molar-refractivity contribution in [2.75, 3.05) is 13.7 Å². The largest absolute Gasteiger partial charge is 0.496 e. The molecule has 0 saturated heterocycles. The minimum atomic E-state index is -0.786. The van der Waals surface area contributed by atoms with E-state index in [1.54, 1.807) is 18.6 Å². The molecule has 0 radical (unpaired) electrons. The fourth-order valence-corrected chi connectivity index (χ4v) is 6.46. The van der Waals surface area contributed by atoms with Crippen molar-refractivity contribution in [1.29, 1.82) is 5.26 Å². The standard InChI is InChI=1S/C30H27BrN4O4S/c1-4-8-22-26(29(37)39-5-2)27(21-16-19(31)11-12-24(21)38-3)35-28(36)25(40-30(35)33-22)15-18-17-34(14-13-32)23-10-7-6-9-20(18)23/h6-7,9-12,15-17,27H,4-5,8,14H2,1-3H3/b25-15+/t27-/m0/s1. The smallest absolute Gasteiger partial charge is 0.338 e. The fourth-order valence-electron chi connectivity index (χ4n) is 5.07. The van der Waals surface area contributed by atoms with Crippen LogP contribution in [0.4, 0.5) is 0 Å². The van der Waals surface area contributed by atoms with Gasteiger partial charge < -0.3 is 14.0 Å². The zero-order valence-electron chi connectivity index (χ0n) is 22.3. The van der Waals surface area contributed by atoms with E-state index < -0.39 is 12.0 Å². The van der Waals surface area contributed by atoms with E-state index >= 15 is 0 Å². The number of rotatable bonds is 8. The first-order valence-electron chi connectivity index (χ1n) is 12.9. The quantitative estimate of drug-likeness (QED) is 0.263. The van der Waals surface area contributed by atoms with Gasteiger partial charge in [-0.05, 0) is 43.7 Å².